The minimum atomic E-state index is -0.435. The van der Waals surface area contributed by atoms with Crippen LogP contribution >= 0.6 is 0 Å². The predicted octanol–water partition coefficient (Wildman–Crippen LogP) is 2.25. The largest absolute Gasteiger partial charge is 0.324 e. The van der Waals surface area contributed by atoms with Gasteiger partial charge in [0, 0.05) is 5.41 Å². The smallest absolute Gasteiger partial charge is 0.229 e. The predicted molar refractivity (Wildman–Crippen MR) is 69.4 cm³/mol. The van der Waals surface area contributed by atoms with Crippen molar-refractivity contribution in [1.29, 1.82) is 0 Å². The molecule has 0 aliphatic carbocycles. The zero-order valence-electron chi connectivity index (χ0n) is 10.7. The topological polar surface area (TPSA) is 59.8 Å². The first-order valence-electron chi connectivity index (χ1n) is 5.74. The molecule has 0 saturated heterocycles. The summed E-state index contributed by atoms with van der Waals surface area (Å²) in [6.45, 7) is 5.63. The lowest BCUT2D eigenvalue weighted by molar-refractivity contribution is -0.123. The van der Waals surface area contributed by atoms with Crippen LogP contribution in [0, 0.1) is 5.41 Å². The number of nitrogens with zero attached hydrogens (tertiary/aromatic N) is 3. The fourth-order valence-electron chi connectivity index (χ4n) is 1.42. The molecule has 2 aromatic rings. The van der Waals surface area contributed by atoms with E-state index in [2.05, 4.69) is 15.4 Å². The van der Waals surface area contributed by atoms with E-state index in [4.69, 9.17) is 0 Å². The standard InChI is InChI=1S/C13H16N4O/c1-13(2,3)12(18)16-10-6-4-5-7-11(10)17-9-14-8-15-17/h4-9H,1-3H3,(H,16,18). The Morgan fingerprint density at radius 2 is 2.00 bits per heavy atom. The van der Waals surface area contributed by atoms with Gasteiger partial charge in [0.25, 0.3) is 0 Å². The number of hydrogen-bond acceptors (Lipinski definition) is 3. The summed E-state index contributed by atoms with van der Waals surface area (Å²) in [4.78, 5) is 15.9. The van der Waals surface area contributed by atoms with E-state index in [1.165, 1.54) is 6.33 Å². The number of anilines is 1. The highest BCUT2D eigenvalue weighted by Crippen LogP contribution is 2.22. The van der Waals surface area contributed by atoms with Crippen LogP contribution in [0.15, 0.2) is 36.9 Å². The van der Waals surface area contributed by atoms with E-state index in [0.717, 1.165) is 11.4 Å². The molecule has 0 fully saturated rings. The van der Waals surface area contributed by atoms with E-state index in [1.807, 2.05) is 45.0 Å². The number of aromatic nitrogens is 3. The van der Waals surface area contributed by atoms with Crippen molar-refractivity contribution in [3.63, 3.8) is 0 Å². The Bertz CT molecular complexity index is 540. The summed E-state index contributed by atoms with van der Waals surface area (Å²) in [5.41, 5.74) is 1.09. The Morgan fingerprint density at radius 1 is 1.28 bits per heavy atom. The van der Waals surface area contributed by atoms with Crippen molar-refractivity contribution in [2.24, 2.45) is 5.41 Å². The number of benzene rings is 1. The van der Waals surface area contributed by atoms with Crippen LogP contribution in [0.3, 0.4) is 0 Å². The first-order chi connectivity index (χ1) is 8.48. The summed E-state index contributed by atoms with van der Waals surface area (Å²) in [5.74, 6) is -0.0323. The van der Waals surface area contributed by atoms with Gasteiger partial charge in [0.1, 0.15) is 12.7 Å². The van der Waals surface area contributed by atoms with Crippen molar-refractivity contribution in [2.45, 2.75) is 20.8 Å². The first-order valence-corrected chi connectivity index (χ1v) is 5.74. The van der Waals surface area contributed by atoms with Crippen LogP contribution in [0.5, 0.6) is 0 Å². The van der Waals surface area contributed by atoms with Gasteiger partial charge < -0.3 is 5.32 Å². The molecule has 2 rings (SSSR count). The molecule has 5 heteroatoms. The highest BCUT2D eigenvalue weighted by atomic mass is 16.2. The lowest BCUT2D eigenvalue weighted by Crippen LogP contribution is -2.28. The Hall–Kier alpha value is -2.17. The number of carbonyl (C=O) groups is 1. The Kier molecular flexibility index (Phi) is 3.14. The van der Waals surface area contributed by atoms with Crippen molar-refractivity contribution in [2.75, 3.05) is 5.32 Å². The maximum Gasteiger partial charge on any atom is 0.229 e. The second-order valence-electron chi connectivity index (χ2n) is 5.06. The van der Waals surface area contributed by atoms with Gasteiger partial charge in [-0.25, -0.2) is 9.67 Å². The van der Waals surface area contributed by atoms with Crippen molar-refractivity contribution < 1.29 is 4.79 Å². The molecule has 1 N–H and O–H groups in total. The molecular formula is C13H16N4O. The Labute approximate surface area is 106 Å². The third-order valence-electron chi connectivity index (χ3n) is 2.50. The minimum absolute atomic E-state index is 0.0323. The van der Waals surface area contributed by atoms with Gasteiger partial charge in [-0.2, -0.15) is 5.10 Å². The maximum atomic E-state index is 12.0. The molecule has 0 aliphatic rings. The monoisotopic (exact) mass is 244 g/mol. The summed E-state index contributed by atoms with van der Waals surface area (Å²) in [5, 5.41) is 6.98. The second-order valence-corrected chi connectivity index (χ2v) is 5.06. The van der Waals surface area contributed by atoms with Crippen LogP contribution in [0.1, 0.15) is 20.8 Å². The molecule has 0 bridgehead atoms. The first kappa shape index (κ1) is 12.3. The van der Waals surface area contributed by atoms with E-state index in [1.54, 1.807) is 11.0 Å². The molecule has 0 saturated carbocycles. The third kappa shape index (κ3) is 2.56. The molecule has 1 aromatic heterocycles. The van der Waals surface area contributed by atoms with Crippen molar-refractivity contribution >= 4 is 11.6 Å². The SMILES string of the molecule is CC(C)(C)C(=O)Nc1ccccc1-n1cncn1. The zero-order chi connectivity index (χ0) is 13.2. The quantitative estimate of drug-likeness (QED) is 0.881. The van der Waals surface area contributed by atoms with Crippen LogP contribution < -0.4 is 5.32 Å². The maximum absolute atomic E-state index is 12.0. The van der Waals surface area contributed by atoms with Gasteiger partial charge >= 0.3 is 0 Å². The molecule has 0 atom stereocenters. The molecule has 1 aromatic carbocycles. The minimum Gasteiger partial charge on any atom is -0.324 e. The number of nitrogens with one attached hydrogen (secondary N) is 1. The summed E-state index contributed by atoms with van der Waals surface area (Å²) in [6.07, 6.45) is 3.06. The molecule has 0 unspecified atom stereocenters. The number of rotatable bonds is 2. The number of amides is 1. The van der Waals surface area contributed by atoms with E-state index in [9.17, 15) is 4.79 Å². The zero-order valence-corrected chi connectivity index (χ0v) is 10.7. The van der Waals surface area contributed by atoms with E-state index in [0.29, 0.717) is 0 Å². The van der Waals surface area contributed by atoms with Crippen LogP contribution in [-0.4, -0.2) is 20.7 Å². The van der Waals surface area contributed by atoms with Gasteiger partial charge in [0.15, 0.2) is 0 Å². The number of para-hydroxylation sites is 2. The highest BCUT2D eigenvalue weighted by Gasteiger charge is 2.22. The molecule has 5 nitrogen and oxygen atoms in total. The van der Waals surface area contributed by atoms with Crippen LogP contribution in [-0.2, 0) is 4.79 Å². The lowest BCUT2D eigenvalue weighted by Gasteiger charge is -2.19. The fraction of sp³-hybridized carbons (Fsp3) is 0.308. The summed E-state index contributed by atoms with van der Waals surface area (Å²) >= 11 is 0. The molecule has 0 aliphatic heterocycles. The number of hydrogen-bond donors (Lipinski definition) is 1. The van der Waals surface area contributed by atoms with Crippen molar-refractivity contribution in [1.82, 2.24) is 14.8 Å². The average molecular weight is 244 g/mol. The molecule has 18 heavy (non-hydrogen) atoms. The van der Waals surface area contributed by atoms with Gasteiger partial charge in [0.2, 0.25) is 5.91 Å². The molecule has 1 amide bonds. The van der Waals surface area contributed by atoms with Gasteiger partial charge in [-0.3, -0.25) is 4.79 Å². The van der Waals surface area contributed by atoms with E-state index < -0.39 is 5.41 Å². The van der Waals surface area contributed by atoms with Crippen LogP contribution in [0.2, 0.25) is 0 Å². The average Bonchev–Trinajstić information content (AvgIpc) is 2.82. The summed E-state index contributed by atoms with van der Waals surface area (Å²) in [7, 11) is 0. The van der Waals surface area contributed by atoms with Crippen molar-refractivity contribution in [3.05, 3.63) is 36.9 Å². The normalized spacial score (nSPS) is 11.3. The molecule has 0 radical (unpaired) electrons. The molecule has 1 heterocycles. The van der Waals surface area contributed by atoms with Gasteiger partial charge in [-0.05, 0) is 12.1 Å². The second kappa shape index (κ2) is 4.60. The molecular weight excluding hydrogens is 228 g/mol. The Morgan fingerprint density at radius 3 is 2.61 bits per heavy atom. The summed E-state index contributed by atoms with van der Waals surface area (Å²) < 4.78 is 1.62. The number of carbonyl (C=O) groups excluding carboxylic acids is 1. The van der Waals surface area contributed by atoms with Crippen LogP contribution in [0.25, 0.3) is 5.69 Å². The van der Waals surface area contributed by atoms with E-state index in [-0.39, 0.29) is 5.91 Å². The van der Waals surface area contributed by atoms with Gasteiger partial charge in [-0.1, -0.05) is 32.9 Å². The van der Waals surface area contributed by atoms with Gasteiger partial charge in [0.05, 0.1) is 11.4 Å². The molecule has 0 spiro atoms. The third-order valence-corrected chi connectivity index (χ3v) is 2.50. The van der Waals surface area contributed by atoms with E-state index >= 15 is 0 Å². The highest BCUT2D eigenvalue weighted by molar-refractivity contribution is 5.96. The van der Waals surface area contributed by atoms with Gasteiger partial charge in [-0.15, -0.1) is 0 Å². The van der Waals surface area contributed by atoms with Crippen LogP contribution in [0.4, 0.5) is 5.69 Å². The summed E-state index contributed by atoms with van der Waals surface area (Å²) in [6, 6.07) is 7.50. The fourth-order valence-corrected chi connectivity index (χ4v) is 1.42. The molecule has 94 valence electrons. The van der Waals surface area contributed by atoms with Crippen molar-refractivity contribution in [3.8, 4) is 5.69 Å². The lowest BCUT2D eigenvalue weighted by atomic mass is 9.95. The Balaban J connectivity index is 2.32.